The molecule has 1 aliphatic heterocycles. The standard InChI is InChI=1S/C26H35ClN2O4S/c1-17(2)21-16-22(18(3)14-25(21)33-5)19(4)28-26(30)23-15-20(10-11-24(23)27)34(31,32)29-12-8-6-7-9-13-29/h10-11,14-17,19H,6-9,12-13H2,1-5H3,(H,28,30)/t19-/m0/s1. The summed E-state index contributed by atoms with van der Waals surface area (Å²) in [6, 6.07) is 8.09. The van der Waals surface area contributed by atoms with Gasteiger partial charge in [0.1, 0.15) is 5.75 Å². The van der Waals surface area contributed by atoms with Gasteiger partial charge in [0.15, 0.2) is 0 Å². The third kappa shape index (κ3) is 5.75. The highest BCUT2D eigenvalue weighted by molar-refractivity contribution is 7.89. The number of sulfonamides is 1. The number of ether oxygens (including phenoxy) is 1. The van der Waals surface area contributed by atoms with Gasteiger partial charge in [-0.2, -0.15) is 4.31 Å². The Morgan fingerprint density at radius 1 is 1.03 bits per heavy atom. The highest BCUT2D eigenvalue weighted by atomic mass is 35.5. The molecule has 0 aliphatic carbocycles. The second-order valence-corrected chi connectivity index (χ2v) is 11.6. The monoisotopic (exact) mass is 506 g/mol. The molecule has 6 nitrogen and oxygen atoms in total. The predicted octanol–water partition coefficient (Wildman–Crippen LogP) is 5.84. The molecule has 1 N–H and O–H groups in total. The number of hydrogen-bond acceptors (Lipinski definition) is 4. The molecule has 0 unspecified atom stereocenters. The summed E-state index contributed by atoms with van der Waals surface area (Å²) in [6.45, 7) is 9.07. The molecule has 1 fully saturated rings. The Morgan fingerprint density at radius 3 is 2.26 bits per heavy atom. The Balaban J connectivity index is 1.87. The van der Waals surface area contributed by atoms with Crippen molar-refractivity contribution in [2.75, 3.05) is 20.2 Å². The maximum atomic E-state index is 13.2. The molecule has 186 valence electrons. The summed E-state index contributed by atoms with van der Waals surface area (Å²) >= 11 is 6.33. The van der Waals surface area contributed by atoms with Crippen molar-refractivity contribution >= 4 is 27.5 Å². The van der Waals surface area contributed by atoms with Crippen molar-refractivity contribution in [2.45, 2.75) is 70.2 Å². The van der Waals surface area contributed by atoms with Crippen molar-refractivity contribution in [1.82, 2.24) is 9.62 Å². The molecular formula is C26H35ClN2O4S. The number of rotatable bonds is 7. The van der Waals surface area contributed by atoms with Crippen LogP contribution in [0.5, 0.6) is 5.75 Å². The van der Waals surface area contributed by atoms with Gasteiger partial charge in [0.2, 0.25) is 10.0 Å². The minimum absolute atomic E-state index is 0.0966. The molecule has 34 heavy (non-hydrogen) atoms. The Morgan fingerprint density at radius 2 is 1.68 bits per heavy atom. The lowest BCUT2D eigenvalue weighted by Crippen LogP contribution is -2.32. The first-order chi connectivity index (χ1) is 16.1. The summed E-state index contributed by atoms with van der Waals surface area (Å²) in [5.41, 5.74) is 3.19. The van der Waals surface area contributed by atoms with Crippen LogP contribution in [0.3, 0.4) is 0 Å². The van der Waals surface area contributed by atoms with Gasteiger partial charge >= 0.3 is 0 Å². The first kappa shape index (κ1) is 26.5. The molecule has 1 atom stereocenters. The van der Waals surface area contributed by atoms with Crippen LogP contribution in [0.15, 0.2) is 35.2 Å². The van der Waals surface area contributed by atoms with Crippen LogP contribution >= 0.6 is 11.6 Å². The quantitative estimate of drug-likeness (QED) is 0.512. The summed E-state index contributed by atoms with van der Waals surface area (Å²) in [4.78, 5) is 13.3. The van der Waals surface area contributed by atoms with E-state index < -0.39 is 15.9 Å². The van der Waals surface area contributed by atoms with Gasteiger partial charge in [-0.1, -0.05) is 38.3 Å². The van der Waals surface area contributed by atoms with Crippen molar-refractivity contribution in [2.24, 2.45) is 0 Å². The molecule has 0 saturated carbocycles. The summed E-state index contributed by atoms with van der Waals surface area (Å²) in [5, 5.41) is 3.21. The Bertz CT molecular complexity index is 1140. The van der Waals surface area contributed by atoms with Gasteiger partial charge < -0.3 is 10.1 Å². The summed E-state index contributed by atoms with van der Waals surface area (Å²) in [7, 11) is -2.03. The van der Waals surface area contributed by atoms with E-state index in [0.29, 0.717) is 13.1 Å². The van der Waals surface area contributed by atoms with Gasteiger partial charge in [0.25, 0.3) is 5.91 Å². The number of hydrogen-bond donors (Lipinski definition) is 1. The van der Waals surface area contributed by atoms with Crippen LogP contribution < -0.4 is 10.1 Å². The molecule has 8 heteroatoms. The van der Waals surface area contributed by atoms with Crippen LogP contribution in [0.2, 0.25) is 5.02 Å². The number of nitrogens with one attached hydrogen (secondary N) is 1. The molecule has 2 aromatic rings. The molecule has 3 rings (SSSR count). The number of carbonyl (C=O) groups is 1. The fourth-order valence-corrected chi connectivity index (χ4v) is 6.18. The Kier molecular flexibility index (Phi) is 8.66. The van der Waals surface area contributed by atoms with Crippen LogP contribution in [-0.4, -0.2) is 38.8 Å². The first-order valence-electron chi connectivity index (χ1n) is 11.8. The molecule has 1 heterocycles. The predicted molar refractivity (Wildman–Crippen MR) is 136 cm³/mol. The van der Waals surface area contributed by atoms with Gasteiger partial charge in [-0.05, 0) is 79.6 Å². The summed E-state index contributed by atoms with van der Waals surface area (Å²) in [6.07, 6.45) is 3.75. The fraction of sp³-hybridized carbons (Fsp3) is 0.500. The van der Waals surface area contributed by atoms with Crippen LogP contribution in [0, 0.1) is 6.92 Å². The molecule has 2 aromatic carbocycles. The lowest BCUT2D eigenvalue weighted by molar-refractivity contribution is 0.0939. The zero-order chi connectivity index (χ0) is 25.0. The van der Waals surface area contributed by atoms with Crippen molar-refractivity contribution < 1.29 is 17.9 Å². The highest BCUT2D eigenvalue weighted by Gasteiger charge is 2.27. The third-order valence-corrected chi connectivity index (χ3v) is 8.66. The first-order valence-corrected chi connectivity index (χ1v) is 13.7. The normalized spacial score (nSPS) is 16.2. The SMILES string of the molecule is COc1cc(C)c([C@H](C)NC(=O)c2cc(S(=O)(=O)N3CCCCCC3)ccc2Cl)cc1C(C)C. The highest BCUT2D eigenvalue weighted by Crippen LogP contribution is 2.32. The lowest BCUT2D eigenvalue weighted by atomic mass is 9.93. The molecule has 0 spiro atoms. The molecule has 1 saturated heterocycles. The van der Waals surface area contributed by atoms with E-state index in [1.54, 1.807) is 7.11 Å². The Labute approximate surface area is 208 Å². The van der Waals surface area contributed by atoms with Gasteiger partial charge in [-0.25, -0.2) is 8.42 Å². The average Bonchev–Trinajstić information content (AvgIpc) is 3.08. The number of carbonyl (C=O) groups excluding carboxylic acids is 1. The smallest absolute Gasteiger partial charge is 0.253 e. The van der Waals surface area contributed by atoms with Crippen LogP contribution in [-0.2, 0) is 10.0 Å². The maximum absolute atomic E-state index is 13.2. The average molecular weight is 507 g/mol. The van der Waals surface area contributed by atoms with Gasteiger partial charge in [-0.15, -0.1) is 0 Å². The van der Waals surface area contributed by atoms with E-state index in [1.165, 1.54) is 22.5 Å². The number of methoxy groups -OCH3 is 1. The van der Waals surface area contributed by atoms with Gasteiger partial charge in [0, 0.05) is 13.1 Å². The van der Waals surface area contributed by atoms with E-state index in [2.05, 4.69) is 25.2 Å². The van der Waals surface area contributed by atoms with Crippen LogP contribution in [0.4, 0.5) is 0 Å². The molecule has 0 radical (unpaired) electrons. The zero-order valence-electron chi connectivity index (χ0n) is 20.7. The number of halogens is 1. The van der Waals surface area contributed by atoms with Crippen molar-refractivity contribution in [3.05, 3.63) is 57.6 Å². The third-order valence-electron chi connectivity index (χ3n) is 6.44. The minimum atomic E-state index is -3.69. The van der Waals surface area contributed by atoms with Crippen LogP contribution in [0.25, 0.3) is 0 Å². The van der Waals surface area contributed by atoms with E-state index in [1.807, 2.05) is 19.9 Å². The topological polar surface area (TPSA) is 75.7 Å². The molecular weight excluding hydrogens is 472 g/mol. The van der Waals surface area contributed by atoms with E-state index in [-0.39, 0.29) is 27.4 Å². The second-order valence-electron chi connectivity index (χ2n) is 9.26. The second kappa shape index (κ2) is 11.1. The number of amides is 1. The Hall–Kier alpha value is -2.09. The number of aryl methyl sites for hydroxylation is 1. The van der Waals surface area contributed by atoms with Crippen molar-refractivity contribution in [3.63, 3.8) is 0 Å². The van der Waals surface area contributed by atoms with E-state index >= 15 is 0 Å². The van der Waals surface area contributed by atoms with Crippen molar-refractivity contribution in [1.29, 1.82) is 0 Å². The molecule has 0 aromatic heterocycles. The number of nitrogens with zero attached hydrogens (tertiary/aromatic N) is 1. The lowest BCUT2D eigenvalue weighted by Gasteiger charge is -2.22. The van der Waals surface area contributed by atoms with Gasteiger partial charge in [-0.3, -0.25) is 4.79 Å². The largest absolute Gasteiger partial charge is 0.496 e. The van der Waals surface area contributed by atoms with Crippen LogP contribution in [0.1, 0.15) is 85.5 Å². The van der Waals surface area contributed by atoms with E-state index in [0.717, 1.165) is 48.1 Å². The number of benzene rings is 2. The zero-order valence-corrected chi connectivity index (χ0v) is 22.2. The fourth-order valence-electron chi connectivity index (χ4n) is 4.43. The summed E-state index contributed by atoms with van der Waals surface area (Å²) < 4.78 is 33.5. The molecule has 1 aliphatic rings. The van der Waals surface area contributed by atoms with E-state index in [4.69, 9.17) is 16.3 Å². The van der Waals surface area contributed by atoms with Crippen molar-refractivity contribution in [3.8, 4) is 5.75 Å². The maximum Gasteiger partial charge on any atom is 0.253 e. The van der Waals surface area contributed by atoms with Gasteiger partial charge in [0.05, 0.1) is 28.6 Å². The summed E-state index contributed by atoms with van der Waals surface area (Å²) in [5.74, 6) is 0.670. The molecule has 1 amide bonds. The molecule has 0 bridgehead atoms. The minimum Gasteiger partial charge on any atom is -0.496 e. The van der Waals surface area contributed by atoms with E-state index in [9.17, 15) is 13.2 Å².